The van der Waals surface area contributed by atoms with Gasteiger partial charge in [0.2, 0.25) is 5.91 Å². The summed E-state index contributed by atoms with van der Waals surface area (Å²) in [5, 5.41) is 0. The Morgan fingerprint density at radius 3 is 2.79 bits per heavy atom. The molecule has 0 N–H and O–H groups in total. The topological polar surface area (TPSA) is 54.5 Å². The predicted octanol–water partition coefficient (Wildman–Crippen LogP) is 0.760. The molecule has 1 aliphatic rings. The van der Waals surface area contributed by atoms with Gasteiger partial charge in [0.1, 0.15) is 4.90 Å². The third-order valence-corrected chi connectivity index (χ3v) is 5.22. The standard InChI is InChI=1S/C8H9NO3S2/c1-5-3-7-6(13-5)4-8(10)9(2)14(7,11)12/h3H,4H2,1-2H3. The predicted molar refractivity (Wildman–Crippen MR) is 52.7 cm³/mol. The van der Waals surface area contributed by atoms with Crippen LogP contribution in [-0.2, 0) is 21.2 Å². The summed E-state index contributed by atoms with van der Waals surface area (Å²) in [6, 6.07) is 1.62. The lowest BCUT2D eigenvalue weighted by Crippen LogP contribution is -2.38. The van der Waals surface area contributed by atoms with Gasteiger partial charge in [-0.3, -0.25) is 4.79 Å². The van der Waals surface area contributed by atoms with E-state index in [4.69, 9.17) is 0 Å². The third-order valence-electron chi connectivity index (χ3n) is 2.19. The number of carbonyl (C=O) groups is 1. The number of carbonyl (C=O) groups excluding carboxylic acids is 1. The van der Waals surface area contributed by atoms with Crippen LogP contribution >= 0.6 is 11.3 Å². The molecule has 0 saturated carbocycles. The van der Waals surface area contributed by atoms with E-state index >= 15 is 0 Å². The summed E-state index contributed by atoms with van der Waals surface area (Å²) in [6.45, 7) is 1.84. The van der Waals surface area contributed by atoms with Crippen LogP contribution in [0.2, 0.25) is 0 Å². The fraction of sp³-hybridized carbons (Fsp3) is 0.375. The maximum absolute atomic E-state index is 11.7. The van der Waals surface area contributed by atoms with Crippen LogP contribution in [0.15, 0.2) is 11.0 Å². The molecule has 2 rings (SSSR count). The van der Waals surface area contributed by atoms with Crippen molar-refractivity contribution >= 4 is 27.3 Å². The zero-order chi connectivity index (χ0) is 10.5. The van der Waals surface area contributed by atoms with E-state index in [1.807, 2.05) is 6.92 Å². The molecular formula is C8H9NO3S2. The van der Waals surface area contributed by atoms with E-state index in [0.717, 1.165) is 9.18 Å². The molecule has 0 atom stereocenters. The Morgan fingerprint density at radius 1 is 1.50 bits per heavy atom. The summed E-state index contributed by atoms with van der Waals surface area (Å²) < 4.78 is 24.3. The Kier molecular flexibility index (Phi) is 1.94. The van der Waals surface area contributed by atoms with E-state index in [1.54, 1.807) is 6.07 Å². The zero-order valence-corrected chi connectivity index (χ0v) is 9.41. The Morgan fingerprint density at radius 2 is 2.14 bits per heavy atom. The van der Waals surface area contributed by atoms with Gasteiger partial charge in [-0.2, -0.15) is 0 Å². The highest BCUT2D eigenvalue weighted by Gasteiger charge is 2.35. The smallest absolute Gasteiger partial charge is 0.267 e. The lowest BCUT2D eigenvalue weighted by atomic mass is 10.3. The van der Waals surface area contributed by atoms with Crippen LogP contribution in [0, 0.1) is 6.92 Å². The highest BCUT2D eigenvalue weighted by atomic mass is 32.2. The van der Waals surface area contributed by atoms with E-state index in [2.05, 4.69) is 0 Å². The quantitative estimate of drug-likeness (QED) is 0.662. The van der Waals surface area contributed by atoms with Crippen LogP contribution in [0.3, 0.4) is 0 Å². The molecule has 1 aromatic rings. The first-order chi connectivity index (χ1) is 6.43. The molecule has 1 aromatic heterocycles. The van der Waals surface area contributed by atoms with Gasteiger partial charge in [-0.1, -0.05) is 0 Å². The van der Waals surface area contributed by atoms with Crippen molar-refractivity contribution in [1.82, 2.24) is 4.31 Å². The average Bonchev–Trinajstić information content (AvgIpc) is 2.44. The maximum atomic E-state index is 11.7. The molecule has 6 heteroatoms. The molecule has 0 radical (unpaired) electrons. The second-order valence-corrected chi connectivity index (χ2v) is 6.47. The van der Waals surface area contributed by atoms with Crippen LogP contribution in [0.25, 0.3) is 0 Å². The molecule has 0 bridgehead atoms. The van der Waals surface area contributed by atoms with Crippen molar-refractivity contribution in [1.29, 1.82) is 0 Å². The lowest BCUT2D eigenvalue weighted by molar-refractivity contribution is -0.125. The van der Waals surface area contributed by atoms with E-state index < -0.39 is 10.0 Å². The normalized spacial score (nSPS) is 19.6. The van der Waals surface area contributed by atoms with Crippen molar-refractivity contribution < 1.29 is 13.2 Å². The lowest BCUT2D eigenvalue weighted by Gasteiger charge is -2.21. The van der Waals surface area contributed by atoms with Gasteiger partial charge in [0.25, 0.3) is 10.0 Å². The number of aryl methyl sites for hydroxylation is 1. The SMILES string of the molecule is Cc1cc2c(s1)CC(=O)N(C)S2(=O)=O. The van der Waals surface area contributed by atoms with E-state index in [-0.39, 0.29) is 12.3 Å². The number of sulfonamides is 1. The van der Waals surface area contributed by atoms with Gasteiger partial charge in [0, 0.05) is 16.8 Å². The maximum Gasteiger partial charge on any atom is 0.267 e. The van der Waals surface area contributed by atoms with Crippen molar-refractivity contribution in [2.24, 2.45) is 0 Å². The zero-order valence-electron chi connectivity index (χ0n) is 7.77. The summed E-state index contributed by atoms with van der Waals surface area (Å²) in [5.41, 5.74) is 0. The Balaban J connectivity index is 2.71. The van der Waals surface area contributed by atoms with Crippen molar-refractivity contribution in [2.45, 2.75) is 18.2 Å². The first kappa shape index (κ1) is 9.67. The van der Waals surface area contributed by atoms with Crippen molar-refractivity contribution in [3.8, 4) is 0 Å². The van der Waals surface area contributed by atoms with Gasteiger partial charge >= 0.3 is 0 Å². The monoisotopic (exact) mass is 231 g/mol. The molecule has 76 valence electrons. The first-order valence-electron chi connectivity index (χ1n) is 4.04. The van der Waals surface area contributed by atoms with Crippen LogP contribution in [-0.4, -0.2) is 25.7 Å². The van der Waals surface area contributed by atoms with E-state index in [1.165, 1.54) is 18.4 Å². The number of fused-ring (bicyclic) bond motifs is 1. The minimum absolute atomic E-state index is 0.198. The van der Waals surface area contributed by atoms with Gasteiger partial charge in [0.05, 0.1) is 6.42 Å². The molecule has 2 heterocycles. The summed E-state index contributed by atoms with van der Waals surface area (Å²) in [6.07, 6.45) is 0.198. The van der Waals surface area contributed by atoms with Gasteiger partial charge in [0.15, 0.2) is 0 Å². The van der Waals surface area contributed by atoms with Gasteiger partial charge in [-0.25, -0.2) is 12.7 Å². The van der Waals surface area contributed by atoms with Gasteiger partial charge in [-0.15, -0.1) is 11.3 Å². The van der Waals surface area contributed by atoms with Crippen molar-refractivity contribution in [2.75, 3.05) is 7.05 Å². The highest BCUT2D eigenvalue weighted by molar-refractivity contribution is 7.90. The highest BCUT2D eigenvalue weighted by Crippen LogP contribution is 2.32. The molecule has 1 aliphatic heterocycles. The Bertz CT molecular complexity index is 501. The fourth-order valence-corrected chi connectivity index (χ4v) is 4.16. The van der Waals surface area contributed by atoms with E-state index in [9.17, 15) is 13.2 Å². The van der Waals surface area contributed by atoms with Crippen LogP contribution in [0.4, 0.5) is 0 Å². The third kappa shape index (κ3) is 1.18. The molecule has 0 aliphatic carbocycles. The molecule has 0 unspecified atom stereocenters. The minimum atomic E-state index is -3.55. The fourth-order valence-electron chi connectivity index (χ4n) is 1.41. The number of amides is 1. The summed E-state index contributed by atoms with van der Waals surface area (Å²) in [7, 11) is -2.26. The number of thiophene rings is 1. The Hall–Kier alpha value is -0.880. The molecule has 0 spiro atoms. The molecular weight excluding hydrogens is 222 g/mol. The molecule has 1 amide bonds. The van der Waals surface area contributed by atoms with Gasteiger partial charge in [-0.05, 0) is 13.0 Å². The average molecular weight is 231 g/mol. The van der Waals surface area contributed by atoms with Crippen LogP contribution in [0.5, 0.6) is 0 Å². The molecule has 0 saturated heterocycles. The number of nitrogens with zero attached hydrogens (tertiary/aromatic N) is 1. The number of hydrogen-bond donors (Lipinski definition) is 0. The summed E-state index contributed by atoms with van der Waals surface area (Å²) >= 11 is 1.37. The Labute approximate surface area is 86.2 Å². The van der Waals surface area contributed by atoms with E-state index in [0.29, 0.717) is 9.77 Å². The van der Waals surface area contributed by atoms with Crippen molar-refractivity contribution in [3.63, 3.8) is 0 Å². The van der Waals surface area contributed by atoms with Crippen molar-refractivity contribution in [3.05, 3.63) is 15.8 Å². The molecule has 0 aromatic carbocycles. The number of likely N-dealkylation sites (N-methyl/N-ethyl adjacent to an activating group) is 1. The van der Waals surface area contributed by atoms with Crippen LogP contribution in [0.1, 0.15) is 9.75 Å². The first-order valence-corrected chi connectivity index (χ1v) is 6.29. The van der Waals surface area contributed by atoms with Crippen LogP contribution < -0.4 is 0 Å². The molecule has 0 fully saturated rings. The second kappa shape index (κ2) is 2.80. The number of rotatable bonds is 0. The van der Waals surface area contributed by atoms with Gasteiger partial charge < -0.3 is 0 Å². The largest absolute Gasteiger partial charge is 0.273 e. The number of hydrogen-bond acceptors (Lipinski definition) is 4. The molecule has 14 heavy (non-hydrogen) atoms. The molecule has 4 nitrogen and oxygen atoms in total. The second-order valence-electron chi connectivity index (χ2n) is 3.19. The minimum Gasteiger partial charge on any atom is -0.273 e. The summed E-state index contributed by atoms with van der Waals surface area (Å²) in [4.78, 5) is 13.2. The summed E-state index contributed by atoms with van der Waals surface area (Å²) in [5.74, 6) is -0.362.